The normalized spacial score (nSPS) is 15.2. The molecule has 5 nitrogen and oxygen atoms in total. The van der Waals surface area contributed by atoms with Gasteiger partial charge in [-0.1, -0.05) is 22.0 Å². The Morgan fingerprint density at radius 3 is 2.50 bits per heavy atom. The molecule has 1 aliphatic rings. The number of nitrogens with zero attached hydrogens (tertiary/aromatic N) is 2. The molecule has 1 aliphatic heterocycles. The molecule has 0 spiro atoms. The van der Waals surface area contributed by atoms with E-state index in [1.165, 1.54) is 24.3 Å². The van der Waals surface area contributed by atoms with Crippen molar-refractivity contribution in [1.82, 2.24) is 9.80 Å². The van der Waals surface area contributed by atoms with Crippen LogP contribution in [0.2, 0.25) is 0 Å². The van der Waals surface area contributed by atoms with Crippen LogP contribution in [-0.2, 0) is 16.1 Å². The lowest BCUT2D eigenvalue weighted by Gasteiger charge is -2.14. The van der Waals surface area contributed by atoms with E-state index < -0.39 is 23.7 Å². The van der Waals surface area contributed by atoms with E-state index in [0.717, 1.165) is 9.80 Å². The summed E-state index contributed by atoms with van der Waals surface area (Å²) in [4.78, 5) is 36.8. The zero-order valence-corrected chi connectivity index (χ0v) is 11.9. The molecule has 0 aromatic heterocycles. The second-order valence-corrected chi connectivity index (χ2v) is 5.03. The summed E-state index contributed by atoms with van der Waals surface area (Å²) in [7, 11) is 0. The molecule has 2 rings (SSSR count). The highest BCUT2D eigenvalue weighted by Crippen LogP contribution is 2.20. The monoisotopic (exact) mass is 340 g/mol. The van der Waals surface area contributed by atoms with Gasteiger partial charge >= 0.3 is 17.8 Å². The Kier molecular flexibility index (Phi) is 3.99. The first-order valence-electron chi connectivity index (χ1n) is 5.68. The summed E-state index contributed by atoms with van der Waals surface area (Å²) in [6.45, 7) is 3.07. The number of imide groups is 2. The van der Waals surface area contributed by atoms with E-state index >= 15 is 0 Å². The number of hydrogen-bond acceptors (Lipinski definition) is 3. The molecular weight excluding hydrogens is 331 g/mol. The molecule has 4 amide bonds. The van der Waals surface area contributed by atoms with E-state index in [1.54, 1.807) is 0 Å². The van der Waals surface area contributed by atoms with Crippen LogP contribution in [0, 0.1) is 5.82 Å². The zero-order chi connectivity index (χ0) is 14.9. The lowest BCUT2D eigenvalue weighted by molar-refractivity contribution is -0.143. The first kappa shape index (κ1) is 14.4. The SMILES string of the molecule is C=CCN1C(=O)C(=O)N(Cc2cc(Br)ccc2F)C1=O. The largest absolute Gasteiger partial charge is 0.334 e. The Balaban J connectivity index is 2.27. The molecule has 20 heavy (non-hydrogen) atoms. The molecule has 104 valence electrons. The van der Waals surface area contributed by atoms with Crippen molar-refractivity contribution in [2.45, 2.75) is 6.54 Å². The quantitative estimate of drug-likeness (QED) is 0.479. The van der Waals surface area contributed by atoms with Crippen molar-refractivity contribution in [3.63, 3.8) is 0 Å². The molecule has 7 heteroatoms. The minimum absolute atomic E-state index is 0.0547. The summed E-state index contributed by atoms with van der Waals surface area (Å²) >= 11 is 3.18. The molecule has 0 aliphatic carbocycles. The van der Waals surface area contributed by atoms with Gasteiger partial charge in [-0.25, -0.2) is 9.18 Å². The van der Waals surface area contributed by atoms with Crippen molar-refractivity contribution in [2.24, 2.45) is 0 Å². The Morgan fingerprint density at radius 1 is 1.20 bits per heavy atom. The highest BCUT2D eigenvalue weighted by molar-refractivity contribution is 9.10. The molecule has 0 radical (unpaired) electrons. The molecule has 1 aromatic rings. The van der Waals surface area contributed by atoms with Crippen LogP contribution in [-0.4, -0.2) is 34.2 Å². The van der Waals surface area contributed by atoms with Crippen LogP contribution >= 0.6 is 15.9 Å². The summed E-state index contributed by atoms with van der Waals surface area (Å²) in [5.41, 5.74) is 0.148. The molecule has 1 heterocycles. The first-order valence-corrected chi connectivity index (χ1v) is 6.47. The fourth-order valence-electron chi connectivity index (χ4n) is 1.81. The van der Waals surface area contributed by atoms with Crippen molar-refractivity contribution in [1.29, 1.82) is 0 Å². The van der Waals surface area contributed by atoms with Gasteiger partial charge in [0.25, 0.3) is 0 Å². The fraction of sp³-hybridized carbons (Fsp3) is 0.154. The van der Waals surface area contributed by atoms with Crippen LogP contribution in [0.4, 0.5) is 9.18 Å². The maximum atomic E-state index is 13.6. The third kappa shape index (κ3) is 2.49. The summed E-state index contributed by atoms with van der Waals surface area (Å²) in [5.74, 6) is -2.44. The van der Waals surface area contributed by atoms with Gasteiger partial charge in [0.2, 0.25) is 0 Å². The van der Waals surface area contributed by atoms with Crippen molar-refractivity contribution < 1.29 is 18.8 Å². The van der Waals surface area contributed by atoms with Gasteiger partial charge in [-0.05, 0) is 18.2 Å². The summed E-state index contributed by atoms with van der Waals surface area (Å²) in [6.07, 6.45) is 1.34. The average Bonchev–Trinajstić information content (AvgIpc) is 2.61. The fourth-order valence-corrected chi connectivity index (χ4v) is 2.22. The number of carbonyl (C=O) groups is 3. The first-order chi connectivity index (χ1) is 9.45. The van der Waals surface area contributed by atoms with Crippen LogP contribution in [0.25, 0.3) is 0 Å². The molecular formula is C13H10BrFN2O3. The topological polar surface area (TPSA) is 57.7 Å². The summed E-state index contributed by atoms with van der Waals surface area (Å²) < 4.78 is 14.2. The Hall–Kier alpha value is -2.02. The second-order valence-electron chi connectivity index (χ2n) is 4.11. The van der Waals surface area contributed by atoms with E-state index in [9.17, 15) is 18.8 Å². The summed E-state index contributed by atoms with van der Waals surface area (Å²) in [6, 6.07) is 3.41. The van der Waals surface area contributed by atoms with E-state index in [1.807, 2.05) is 0 Å². The Morgan fingerprint density at radius 2 is 1.85 bits per heavy atom. The molecule has 1 fully saturated rings. The molecule has 0 atom stereocenters. The maximum absolute atomic E-state index is 13.6. The van der Waals surface area contributed by atoms with Gasteiger partial charge in [-0.2, -0.15) is 0 Å². The van der Waals surface area contributed by atoms with Gasteiger partial charge in [0.15, 0.2) is 0 Å². The van der Waals surface area contributed by atoms with Crippen molar-refractivity contribution in [2.75, 3.05) is 6.54 Å². The minimum Gasteiger partial charge on any atom is -0.263 e. The lowest BCUT2D eigenvalue weighted by atomic mass is 10.2. The molecule has 1 aromatic carbocycles. The third-order valence-corrected chi connectivity index (χ3v) is 3.28. The van der Waals surface area contributed by atoms with E-state index in [0.29, 0.717) is 4.47 Å². The molecule has 0 bridgehead atoms. The van der Waals surface area contributed by atoms with Crippen molar-refractivity contribution in [3.8, 4) is 0 Å². The standard InChI is InChI=1S/C13H10BrFN2O3/c1-2-5-16-11(18)12(19)17(13(16)20)7-8-6-9(14)3-4-10(8)15/h2-4,6H,1,5,7H2. The lowest BCUT2D eigenvalue weighted by Crippen LogP contribution is -2.33. The molecule has 0 N–H and O–H groups in total. The third-order valence-electron chi connectivity index (χ3n) is 2.78. The van der Waals surface area contributed by atoms with Crippen LogP contribution in [0.5, 0.6) is 0 Å². The predicted octanol–water partition coefficient (Wildman–Crippen LogP) is 2.06. The smallest absolute Gasteiger partial charge is 0.263 e. The Bertz CT molecular complexity index is 618. The minimum atomic E-state index is -0.962. The number of urea groups is 1. The molecule has 1 saturated heterocycles. The van der Waals surface area contributed by atoms with Crippen LogP contribution in [0.1, 0.15) is 5.56 Å². The molecule has 0 saturated carbocycles. The van der Waals surface area contributed by atoms with Crippen LogP contribution in [0.15, 0.2) is 35.3 Å². The number of hydrogen-bond donors (Lipinski definition) is 0. The average molecular weight is 341 g/mol. The Labute approximate surface area is 122 Å². The van der Waals surface area contributed by atoms with Gasteiger partial charge in [0.1, 0.15) is 5.82 Å². The van der Waals surface area contributed by atoms with Crippen LogP contribution < -0.4 is 0 Å². The molecule has 0 unspecified atom stereocenters. The zero-order valence-electron chi connectivity index (χ0n) is 10.3. The van der Waals surface area contributed by atoms with Gasteiger partial charge < -0.3 is 0 Å². The van der Waals surface area contributed by atoms with Gasteiger partial charge in [0, 0.05) is 16.6 Å². The van der Waals surface area contributed by atoms with Crippen LogP contribution in [0.3, 0.4) is 0 Å². The van der Waals surface area contributed by atoms with E-state index in [2.05, 4.69) is 22.5 Å². The second kappa shape index (κ2) is 5.54. The van der Waals surface area contributed by atoms with Gasteiger partial charge in [-0.15, -0.1) is 6.58 Å². The number of halogens is 2. The van der Waals surface area contributed by atoms with Crippen molar-refractivity contribution >= 4 is 33.8 Å². The highest BCUT2D eigenvalue weighted by Gasteiger charge is 2.43. The number of amides is 4. The summed E-state index contributed by atoms with van der Waals surface area (Å²) in [5, 5.41) is 0. The maximum Gasteiger partial charge on any atom is 0.334 e. The number of benzene rings is 1. The number of rotatable bonds is 4. The predicted molar refractivity (Wildman–Crippen MR) is 72.0 cm³/mol. The van der Waals surface area contributed by atoms with Gasteiger partial charge in [0.05, 0.1) is 6.54 Å². The van der Waals surface area contributed by atoms with Gasteiger partial charge in [-0.3, -0.25) is 19.4 Å². The van der Waals surface area contributed by atoms with E-state index in [-0.39, 0.29) is 18.7 Å². The van der Waals surface area contributed by atoms with Crippen molar-refractivity contribution in [3.05, 3.63) is 46.7 Å². The highest BCUT2D eigenvalue weighted by atomic mass is 79.9. The van der Waals surface area contributed by atoms with E-state index in [4.69, 9.17) is 0 Å². The number of carbonyl (C=O) groups excluding carboxylic acids is 3.